The second-order valence-electron chi connectivity index (χ2n) is 12.2. The van der Waals surface area contributed by atoms with Gasteiger partial charge in [-0.3, -0.25) is 0 Å². The van der Waals surface area contributed by atoms with Crippen molar-refractivity contribution in [3.05, 3.63) is 164 Å². The predicted octanol–water partition coefficient (Wildman–Crippen LogP) is 11.6. The number of aromatic nitrogens is 3. The first-order valence-electron chi connectivity index (χ1n) is 16.2. The van der Waals surface area contributed by atoms with E-state index in [1.165, 1.54) is 21.7 Å². The van der Waals surface area contributed by atoms with Gasteiger partial charge in [-0.1, -0.05) is 121 Å². The Hall–Kier alpha value is -6.52. The van der Waals surface area contributed by atoms with Gasteiger partial charge < -0.3 is 8.98 Å². The van der Waals surface area contributed by atoms with E-state index >= 15 is 0 Å². The van der Waals surface area contributed by atoms with E-state index in [4.69, 9.17) is 14.4 Å². The summed E-state index contributed by atoms with van der Waals surface area (Å²) >= 11 is 0. The Labute approximate surface area is 276 Å². The van der Waals surface area contributed by atoms with Gasteiger partial charge in [0.25, 0.3) is 0 Å². The number of furan rings is 1. The first kappa shape index (κ1) is 26.7. The Morgan fingerprint density at radius 1 is 0.417 bits per heavy atom. The van der Waals surface area contributed by atoms with Gasteiger partial charge in [0.2, 0.25) is 0 Å². The van der Waals surface area contributed by atoms with Crippen molar-refractivity contribution in [3.8, 4) is 39.6 Å². The average Bonchev–Trinajstić information content (AvgIpc) is 3.70. The van der Waals surface area contributed by atoms with E-state index in [2.05, 4.69) is 120 Å². The molecule has 10 aromatic rings. The fourth-order valence-electron chi connectivity index (χ4n) is 7.14. The quantitative estimate of drug-likeness (QED) is 0.198. The summed E-state index contributed by atoms with van der Waals surface area (Å²) in [5.41, 5.74) is 10.0. The largest absolute Gasteiger partial charge is 0.456 e. The molecule has 7 aromatic carbocycles. The zero-order valence-corrected chi connectivity index (χ0v) is 25.8. The molecule has 3 heterocycles. The summed E-state index contributed by atoms with van der Waals surface area (Å²) in [7, 11) is 0. The second kappa shape index (κ2) is 10.5. The van der Waals surface area contributed by atoms with Gasteiger partial charge in [0.05, 0.1) is 22.4 Å². The highest BCUT2D eigenvalue weighted by molar-refractivity contribution is 6.22. The Morgan fingerprint density at radius 2 is 1.08 bits per heavy atom. The van der Waals surface area contributed by atoms with Crippen molar-refractivity contribution in [1.82, 2.24) is 14.5 Å². The zero-order chi connectivity index (χ0) is 31.6. The number of nitrogens with zero attached hydrogens (tertiary/aromatic N) is 3. The van der Waals surface area contributed by atoms with Crippen molar-refractivity contribution in [2.45, 2.75) is 0 Å². The topological polar surface area (TPSA) is 43.9 Å². The van der Waals surface area contributed by atoms with Gasteiger partial charge in [0.1, 0.15) is 11.2 Å². The highest BCUT2D eigenvalue weighted by Gasteiger charge is 2.18. The monoisotopic (exact) mass is 613 g/mol. The Morgan fingerprint density at radius 3 is 1.85 bits per heavy atom. The van der Waals surface area contributed by atoms with Crippen LogP contribution in [0.3, 0.4) is 0 Å². The molecule has 4 heteroatoms. The van der Waals surface area contributed by atoms with Gasteiger partial charge in [-0.25, -0.2) is 9.97 Å². The molecule has 4 nitrogen and oxygen atoms in total. The number of benzene rings is 7. The Bertz CT molecular complexity index is 2770. The highest BCUT2D eigenvalue weighted by Crippen LogP contribution is 2.40. The molecule has 0 saturated carbocycles. The molecular weight excluding hydrogens is 587 g/mol. The first-order valence-corrected chi connectivity index (χ1v) is 16.2. The summed E-state index contributed by atoms with van der Waals surface area (Å²) in [4.78, 5) is 10.2. The van der Waals surface area contributed by atoms with E-state index in [-0.39, 0.29) is 0 Å². The van der Waals surface area contributed by atoms with Crippen LogP contribution in [0.5, 0.6) is 0 Å². The van der Waals surface area contributed by atoms with Gasteiger partial charge in [0, 0.05) is 49.3 Å². The number of para-hydroxylation sites is 2. The second-order valence-corrected chi connectivity index (χ2v) is 12.2. The third-order valence-corrected chi connectivity index (χ3v) is 9.38. The molecule has 0 fully saturated rings. The van der Waals surface area contributed by atoms with E-state index in [9.17, 15) is 0 Å². The van der Waals surface area contributed by atoms with Crippen LogP contribution >= 0.6 is 0 Å². The lowest BCUT2D eigenvalue weighted by molar-refractivity contribution is 0.669. The summed E-state index contributed by atoms with van der Waals surface area (Å²) in [5.74, 6) is 0.689. The lowest BCUT2D eigenvalue weighted by atomic mass is 10.0. The fraction of sp³-hybridized carbons (Fsp3) is 0. The molecule has 0 aliphatic rings. The van der Waals surface area contributed by atoms with E-state index < -0.39 is 0 Å². The maximum atomic E-state index is 6.27. The van der Waals surface area contributed by atoms with Crippen LogP contribution in [0.2, 0.25) is 0 Å². The summed E-state index contributed by atoms with van der Waals surface area (Å²) < 4.78 is 8.67. The molecule has 0 aliphatic carbocycles. The SMILES string of the molecule is c1ccc(-c2cc(-c3ccccc3)nc(-c3cccc(-n4c5ccccc5c5ccc6cc7oc8ccccc8c7cc6c54)c3)n2)cc1. The number of hydrogen-bond donors (Lipinski definition) is 0. The van der Waals surface area contributed by atoms with Crippen molar-refractivity contribution >= 4 is 54.5 Å². The first-order chi connectivity index (χ1) is 23.8. The molecule has 224 valence electrons. The molecule has 0 unspecified atom stereocenters. The minimum absolute atomic E-state index is 0.689. The third-order valence-electron chi connectivity index (χ3n) is 9.38. The number of hydrogen-bond acceptors (Lipinski definition) is 3. The van der Waals surface area contributed by atoms with Crippen LogP contribution in [0.15, 0.2) is 168 Å². The molecule has 48 heavy (non-hydrogen) atoms. The van der Waals surface area contributed by atoms with Crippen molar-refractivity contribution < 1.29 is 4.42 Å². The minimum Gasteiger partial charge on any atom is -0.456 e. The van der Waals surface area contributed by atoms with Gasteiger partial charge >= 0.3 is 0 Å². The highest BCUT2D eigenvalue weighted by atomic mass is 16.3. The Kier molecular flexibility index (Phi) is 5.84. The van der Waals surface area contributed by atoms with Crippen molar-refractivity contribution in [3.63, 3.8) is 0 Å². The maximum absolute atomic E-state index is 6.27. The van der Waals surface area contributed by atoms with Gasteiger partial charge in [-0.05, 0) is 47.9 Å². The lowest BCUT2D eigenvalue weighted by Crippen LogP contribution is -1.98. The van der Waals surface area contributed by atoms with Gasteiger partial charge in [-0.15, -0.1) is 0 Å². The smallest absolute Gasteiger partial charge is 0.160 e. The summed E-state index contributed by atoms with van der Waals surface area (Å²) in [6.07, 6.45) is 0. The standard InChI is InChI=1S/C44H27N3O/c1-3-12-28(13-4-1)38-27-39(29-14-5-2-6-15-29)46-44(45-38)31-16-11-17-32(24-31)47-40-20-9-7-18-33(40)35-23-22-30-25-42-37(26-36(30)43(35)47)34-19-8-10-21-41(34)48-42/h1-27H. The molecule has 0 saturated heterocycles. The number of rotatable bonds is 4. The molecule has 0 atom stereocenters. The van der Waals surface area contributed by atoms with E-state index in [1.807, 2.05) is 48.5 Å². The average molecular weight is 614 g/mol. The molecule has 0 N–H and O–H groups in total. The molecule has 0 bridgehead atoms. The molecule has 0 aliphatic heterocycles. The maximum Gasteiger partial charge on any atom is 0.160 e. The van der Waals surface area contributed by atoms with E-state index in [0.29, 0.717) is 5.82 Å². The minimum atomic E-state index is 0.689. The van der Waals surface area contributed by atoms with Gasteiger partial charge in [-0.2, -0.15) is 0 Å². The van der Waals surface area contributed by atoms with Crippen LogP contribution < -0.4 is 0 Å². The van der Waals surface area contributed by atoms with Crippen LogP contribution in [0, 0.1) is 0 Å². The molecule has 3 aromatic heterocycles. The molecule has 0 amide bonds. The van der Waals surface area contributed by atoms with Crippen molar-refractivity contribution in [2.24, 2.45) is 0 Å². The van der Waals surface area contributed by atoms with Crippen LogP contribution in [0.25, 0.3) is 94.1 Å². The summed E-state index contributed by atoms with van der Waals surface area (Å²) in [6, 6.07) is 57.2. The van der Waals surface area contributed by atoms with Crippen molar-refractivity contribution in [1.29, 1.82) is 0 Å². The summed E-state index contributed by atoms with van der Waals surface area (Å²) in [6.45, 7) is 0. The van der Waals surface area contributed by atoms with Crippen LogP contribution in [-0.4, -0.2) is 14.5 Å². The van der Waals surface area contributed by atoms with Crippen LogP contribution in [-0.2, 0) is 0 Å². The summed E-state index contributed by atoms with van der Waals surface area (Å²) in [5, 5.41) is 6.99. The predicted molar refractivity (Wildman–Crippen MR) is 197 cm³/mol. The number of fused-ring (bicyclic) bond motifs is 8. The van der Waals surface area contributed by atoms with Crippen LogP contribution in [0.1, 0.15) is 0 Å². The molecule has 0 spiro atoms. The van der Waals surface area contributed by atoms with Gasteiger partial charge in [0.15, 0.2) is 5.82 Å². The van der Waals surface area contributed by atoms with Crippen molar-refractivity contribution in [2.75, 3.05) is 0 Å². The molecule has 0 radical (unpaired) electrons. The third kappa shape index (κ3) is 4.16. The lowest BCUT2D eigenvalue weighted by Gasteiger charge is -2.13. The zero-order valence-electron chi connectivity index (χ0n) is 25.8. The normalized spacial score (nSPS) is 11.8. The molecular formula is C44H27N3O. The van der Waals surface area contributed by atoms with E-state index in [0.717, 1.165) is 66.6 Å². The Balaban J connectivity index is 1.23. The fourth-order valence-corrected chi connectivity index (χ4v) is 7.14. The molecule has 10 rings (SSSR count). The van der Waals surface area contributed by atoms with Crippen LogP contribution in [0.4, 0.5) is 0 Å². The van der Waals surface area contributed by atoms with E-state index in [1.54, 1.807) is 0 Å².